The molecule has 0 aromatic carbocycles. The summed E-state index contributed by atoms with van der Waals surface area (Å²) in [6, 6.07) is 0. The van der Waals surface area contributed by atoms with Gasteiger partial charge in [0.25, 0.3) is 0 Å². The smallest absolute Gasteiger partial charge is 0.726 e. The Morgan fingerprint density at radius 2 is 1.25 bits per heavy atom. The van der Waals surface area contributed by atoms with Gasteiger partial charge in [0, 0.05) is 5.92 Å². The zero-order valence-electron chi connectivity index (χ0n) is 18.8. The van der Waals surface area contributed by atoms with Crippen molar-refractivity contribution in [2.45, 2.75) is 117 Å². The van der Waals surface area contributed by atoms with Crippen LogP contribution in [0.5, 0.6) is 0 Å². The van der Waals surface area contributed by atoms with Crippen LogP contribution < -0.4 is 51.4 Å². The first-order valence-corrected chi connectivity index (χ1v) is 12.6. The van der Waals surface area contributed by atoms with Crippen LogP contribution in [0, 0.1) is 5.92 Å². The molecule has 162 valence electrons. The van der Waals surface area contributed by atoms with Crippen molar-refractivity contribution in [2.75, 3.05) is 6.61 Å². The molecule has 0 spiro atoms. The van der Waals surface area contributed by atoms with Gasteiger partial charge in [-0.25, -0.2) is 8.42 Å². The third kappa shape index (κ3) is 25.3. The molecule has 0 aliphatic rings. The largest absolute Gasteiger partial charge is 1.00 e. The van der Waals surface area contributed by atoms with Crippen molar-refractivity contribution in [2.24, 2.45) is 5.92 Å². The van der Waals surface area contributed by atoms with Gasteiger partial charge in [0.15, 0.2) is 0 Å². The van der Waals surface area contributed by atoms with Gasteiger partial charge in [-0.2, -0.15) is 0 Å². The molecular weight excluding hydrogens is 399 g/mol. The fraction of sp³-hybridized carbons (Fsp3) is 0.909. The average molecular weight is 443 g/mol. The van der Waals surface area contributed by atoms with Crippen molar-refractivity contribution in [3.05, 3.63) is 12.2 Å². The SMILES string of the molecule is CCCCCCCCCCC/C=C/C(CCCCCCC)COS(=O)(=O)[O-].[K+]. The molecule has 0 N–H and O–H groups in total. The molecule has 0 fully saturated rings. The molecule has 0 saturated heterocycles. The van der Waals surface area contributed by atoms with Crippen LogP contribution in [-0.2, 0) is 14.6 Å². The number of allylic oxidation sites excluding steroid dienone is 1. The minimum Gasteiger partial charge on any atom is -0.726 e. The number of hydrogen-bond acceptors (Lipinski definition) is 4. The maximum Gasteiger partial charge on any atom is 1.00 e. The summed E-state index contributed by atoms with van der Waals surface area (Å²) in [5.74, 6) is 0.0221. The van der Waals surface area contributed by atoms with Gasteiger partial charge in [-0.05, 0) is 19.3 Å². The second-order valence-electron chi connectivity index (χ2n) is 7.70. The Labute approximate surface area is 218 Å². The molecule has 0 amide bonds. The maximum atomic E-state index is 10.7. The third-order valence-electron chi connectivity index (χ3n) is 4.99. The molecule has 1 atom stereocenters. The standard InChI is InChI=1S/C22H44O4S.K/c1-3-5-7-9-10-11-12-13-14-16-18-20-22(21-26-27(23,24)25)19-17-15-8-6-4-2;/h18,20,22H,3-17,19,21H2,1-2H3,(H,23,24,25);/q;+1/p-1/b20-18+;. The Bertz CT molecular complexity index is 438. The molecule has 6 heteroatoms. The second kappa shape index (κ2) is 22.9. The van der Waals surface area contributed by atoms with Crippen molar-refractivity contribution in [1.82, 2.24) is 0 Å². The van der Waals surface area contributed by atoms with E-state index in [-0.39, 0.29) is 63.9 Å². The quantitative estimate of drug-likeness (QED) is 0.0942. The maximum absolute atomic E-state index is 10.7. The van der Waals surface area contributed by atoms with Gasteiger partial charge in [0.05, 0.1) is 6.61 Å². The Morgan fingerprint density at radius 1 is 0.786 bits per heavy atom. The van der Waals surface area contributed by atoms with Crippen molar-refractivity contribution in [3.8, 4) is 0 Å². The van der Waals surface area contributed by atoms with Crippen LogP contribution in [0.2, 0.25) is 0 Å². The molecular formula is C22H43KO4S. The van der Waals surface area contributed by atoms with Crippen LogP contribution in [0.3, 0.4) is 0 Å². The monoisotopic (exact) mass is 442 g/mol. The van der Waals surface area contributed by atoms with E-state index in [2.05, 4.69) is 30.2 Å². The van der Waals surface area contributed by atoms with E-state index in [0.29, 0.717) is 0 Å². The van der Waals surface area contributed by atoms with Crippen LogP contribution in [0.4, 0.5) is 0 Å². The Kier molecular flexibility index (Phi) is 25.7. The minimum atomic E-state index is -4.60. The predicted octanol–water partition coefficient (Wildman–Crippen LogP) is 3.92. The van der Waals surface area contributed by atoms with Gasteiger partial charge in [-0.3, -0.25) is 4.18 Å². The van der Waals surface area contributed by atoms with Crippen molar-refractivity contribution >= 4 is 10.4 Å². The summed E-state index contributed by atoms with van der Waals surface area (Å²) in [7, 11) is -4.60. The van der Waals surface area contributed by atoms with Crippen molar-refractivity contribution < 1.29 is 68.5 Å². The summed E-state index contributed by atoms with van der Waals surface area (Å²) in [4.78, 5) is 0. The summed E-state index contributed by atoms with van der Waals surface area (Å²) in [6.07, 6.45) is 23.8. The third-order valence-corrected chi connectivity index (χ3v) is 5.41. The number of unbranched alkanes of at least 4 members (excludes halogenated alkanes) is 13. The van der Waals surface area contributed by atoms with Gasteiger partial charge >= 0.3 is 51.4 Å². The van der Waals surface area contributed by atoms with E-state index in [0.717, 1.165) is 25.7 Å². The fourth-order valence-corrected chi connectivity index (χ4v) is 3.62. The molecule has 4 nitrogen and oxygen atoms in total. The minimum absolute atomic E-state index is 0. The molecule has 0 aromatic heterocycles. The van der Waals surface area contributed by atoms with E-state index in [1.807, 2.05) is 0 Å². The van der Waals surface area contributed by atoms with Crippen LogP contribution >= 0.6 is 0 Å². The molecule has 0 bridgehead atoms. The molecule has 0 aliphatic heterocycles. The first kappa shape index (κ1) is 31.4. The molecule has 0 aromatic rings. The van der Waals surface area contributed by atoms with E-state index < -0.39 is 10.4 Å². The van der Waals surface area contributed by atoms with E-state index in [1.54, 1.807) is 0 Å². The van der Waals surface area contributed by atoms with E-state index >= 15 is 0 Å². The van der Waals surface area contributed by atoms with E-state index in [4.69, 9.17) is 0 Å². The van der Waals surface area contributed by atoms with Gasteiger partial charge in [0.1, 0.15) is 0 Å². The van der Waals surface area contributed by atoms with Gasteiger partial charge in [-0.15, -0.1) is 0 Å². The molecule has 0 rings (SSSR count). The molecule has 0 radical (unpaired) electrons. The van der Waals surface area contributed by atoms with Gasteiger partial charge in [0.2, 0.25) is 10.4 Å². The molecule has 1 unspecified atom stereocenters. The normalized spacial score (nSPS) is 13.0. The zero-order valence-corrected chi connectivity index (χ0v) is 22.7. The van der Waals surface area contributed by atoms with E-state index in [1.165, 1.54) is 77.0 Å². The number of hydrogen-bond donors (Lipinski definition) is 0. The van der Waals surface area contributed by atoms with Gasteiger partial charge in [-0.1, -0.05) is 109 Å². The van der Waals surface area contributed by atoms with Crippen LogP contribution in [0.1, 0.15) is 117 Å². The summed E-state index contributed by atoms with van der Waals surface area (Å²) in [6.45, 7) is 4.41. The zero-order chi connectivity index (χ0) is 20.2. The Morgan fingerprint density at radius 3 is 1.75 bits per heavy atom. The second-order valence-corrected chi connectivity index (χ2v) is 8.75. The first-order valence-electron chi connectivity index (χ1n) is 11.3. The van der Waals surface area contributed by atoms with Crippen molar-refractivity contribution in [1.29, 1.82) is 0 Å². The first-order chi connectivity index (χ1) is 13.0. The van der Waals surface area contributed by atoms with Crippen LogP contribution in [-0.4, -0.2) is 19.6 Å². The van der Waals surface area contributed by atoms with Crippen LogP contribution in [0.25, 0.3) is 0 Å². The van der Waals surface area contributed by atoms with Crippen molar-refractivity contribution in [3.63, 3.8) is 0 Å². The molecule has 28 heavy (non-hydrogen) atoms. The molecule has 0 saturated carbocycles. The summed E-state index contributed by atoms with van der Waals surface area (Å²) < 4.78 is 36.6. The molecule has 0 aliphatic carbocycles. The Balaban J connectivity index is 0. The van der Waals surface area contributed by atoms with Gasteiger partial charge < -0.3 is 4.55 Å². The summed E-state index contributed by atoms with van der Waals surface area (Å²) in [5, 5.41) is 0. The predicted molar refractivity (Wildman–Crippen MR) is 113 cm³/mol. The van der Waals surface area contributed by atoms with Crippen LogP contribution in [0.15, 0.2) is 12.2 Å². The number of rotatable bonds is 20. The summed E-state index contributed by atoms with van der Waals surface area (Å²) in [5.41, 5.74) is 0. The summed E-state index contributed by atoms with van der Waals surface area (Å²) >= 11 is 0. The topological polar surface area (TPSA) is 66.4 Å². The molecule has 0 heterocycles. The average Bonchev–Trinajstić information content (AvgIpc) is 2.62. The fourth-order valence-electron chi connectivity index (χ4n) is 3.28. The Hall–Kier alpha value is 1.25. The van der Waals surface area contributed by atoms with E-state index in [9.17, 15) is 13.0 Å².